The van der Waals surface area contributed by atoms with Gasteiger partial charge in [0.25, 0.3) is 0 Å². The summed E-state index contributed by atoms with van der Waals surface area (Å²) in [6, 6.07) is 10.5. The number of hydrogen-bond acceptors (Lipinski definition) is 5. The fourth-order valence-corrected chi connectivity index (χ4v) is 3.70. The van der Waals surface area contributed by atoms with Gasteiger partial charge in [0.15, 0.2) is 0 Å². The van der Waals surface area contributed by atoms with Gasteiger partial charge in [-0.3, -0.25) is 4.90 Å². The Hall–Kier alpha value is -2.71. The van der Waals surface area contributed by atoms with Gasteiger partial charge in [0.1, 0.15) is 0 Å². The minimum atomic E-state index is -1.82. The number of fused-ring (bicyclic) bond motifs is 1. The molecule has 28 heavy (non-hydrogen) atoms. The molecule has 2 aromatic rings. The number of carboxylic acid groups (broad SMARTS) is 2. The van der Waals surface area contributed by atoms with Crippen LogP contribution < -0.4 is 0 Å². The van der Waals surface area contributed by atoms with Crippen molar-refractivity contribution in [1.29, 1.82) is 0 Å². The summed E-state index contributed by atoms with van der Waals surface area (Å²) in [7, 11) is 0. The van der Waals surface area contributed by atoms with Gasteiger partial charge in [0, 0.05) is 18.8 Å². The highest BCUT2D eigenvalue weighted by atomic mass is 16.5. The molecule has 1 aromatic carbocycles. The highest BCUT2D eigenvalue weighted by molar-refractivity contribution is 6.27. The lowest BCUT2D eigenvalue weighted by molar-refractivity contribution is -0.159. The summed E-state index contributed by atoms with van der Waals surface area (Å²) < 4.78 is 7.55. The van der Waals surface area contributed by atoms with E-state index in [2.05, 4.69) is 51.2 Å². The molecule has 1 fully saturated rings. The van der Waals surface area contributed by atoms with Crippen LogP contribution in [-0.2, 0) is 20.7 Å². The summed E-state index contributed by atoms with van der Waals surface area (Å²) >= 11 is 0. The molecule has 2 heterocycles. The monoisotopic (exact) mass is 387 g/mol. The summed E-state index contributed by atoms with van der Waals surface area (Å²) in [5.41, 5.74) is 4.06. The molecule has 2 aliphatic rings. The van der Waals surface area contributed by atoms with Gasteiger partial charge in [0.2, 0.25) is 0 Å². The van der Waals surface area contributed by atoms with E-state index in [9.17, 15) is 0 Å². The number of para-hydroxylation sites is 1. The predicted octanol–water partition coefficient (Wildman–Crippen LogP) is 1.78. The van der Waals surface area contributed by atoms with E-state index in [4.69, 9.17) is 24.5 Å². The Kier molecular flexibility index (Phi) is 6.78. The molecule has 1 atom stereocenters. The first-order valence-corrected chi connectivity index (χ1v) is 9.44. The Morgan fingerprint density at radius 3 is 2.43 bits per heavy atom. The van der Waals surface area contributed by atoms with Crippen molar-refractivity contribution < 1.29 is 24.5 Å². The Labute approximate surface area is 163 Å². The molecule has 1 aromatic heterocycles. The minimum Gasteiger partial charge on any atom is -0.473 e. The normalized spacial score (nSPS) is 18.8. The molecule has 8 heteroatoms. The zero-order chi connectivity index (χ0) is 19.9. The van der Waals surface area contributed by atoms with Crippen LogP contribution in [0.1, 0.15) is 30.0 Å². The molecule has 1 unspecified atom stereocenters. The Morgan fingerprint density at radius 2 is 1.79 bits per heavy atom. The summed E-state index contributed by atoms with van der Waals surface area (Å²) in [6.45, 7) is 5.14. The van der Waals surface area contributed by atoms with E-state index in [0.29, 0.717) is 5.92 Å². The highest BCUT2D eigenvalue weighted by Gasteiger charge is 2.27. The van der Waals surface area contributed by atoms with Crippen LogP contribution in [0.5, 0.6) is 0 Å². The van der Waals surface area contributed by atoms with Crippen LogP contribution in [0.4, 0.5) is 0 Å². The third-order valence-corrected chi connectivity index (χ3v) is 5.15. The SMILES string of the molecule is O=C(O)C(=O)O.c1ccc(-n2ncc3c2CCC3CCN2CCOCC2)cc1. The molecule has 8 nitrogen and oxygen atoms in total. The lowest BCUT2D eigenvalue weighted by atomic mass is 10.00. The minimum absolute atomic E-state index is 0.676. The van der Waals surface area contributed by atoms with Crippen LogP contribution in [0, 0.1) is 0 Å². The van der Waals surface area contributed by atoms with E-state index >= 15 is 0 Å². The second-order valence-corrected chi connectivity index (χ2v) is 6.88. The first-order valence-electron chi connectivity index (χ1n) is 9.44. The van der Waals surface area contributed by atoms with E-state index in [1.54, 1.807) is 0 Å². The molecular formula is C20H25N3O5. The summed E-state index contributed by atoms with van der Waals surface area (Å²) in [5, 5.41) is 19.4. The number of aromatic nitrogens is 2. The molecule has 1 saturated heterocycles. The lowest BCUT2D eigenvalue weighted by Gasteiger charge is -2.27. The first kappa shape index (κ1) is 20.0. The fraction of sp³-hybridized carbons (Fsp3) is 0.450. The van der Waals surface area contributed by atoms with Crippen molar-refractivity contribution >= 4 is 11.9 Å². The topological polar surface area (TPSA) is 105 Å². The van der Waals surface area contributed by atoms with Crippen molar-refractivity contribution in [2.24, 2.45) is 0 Å². The Balaban J connectivity index is 0.000000330. The van der Waals surface area contributed by atoms with Crippen molar-refractivity contribution in [2.75, 3.05) is 32.8 Å². The number of hydrogen-bond donors (Lipinski definition) is 2. The van der Waals surface area contributed by atoms with Crippen molar-refractivity contribution in [3.05, 3.63) is 47.8 Å². The van der Waals surface area contributed by atoms with Crippen molar-refractivity contribution in [3.63, 3.8) is 0 Å². The van der Waals surface area contributed by atoms with Crippen LogP contribution in [0.15, 0.2) is 36.5 Å². The highest BCUT2D eigenvalue weighted by Crippen LogP contribution is 2.36. The third kappa shape index (κ3) is 4.96. The number of benzene rings is 1. The molecule has 1 aliphatic heterocycles. The molecule has 0 radical (unpaired) electrons. The second kappa shape index (κ2) is 9.48. The smallest absolute Gasteiger partial charge is 0.414 e. The van der Waals surface area contributed by atoms with Crippen LogP contribution in [0.3, 0.4) is 0 Å². The molecule has 0 saturated carbocycles. The average Bonchev–Trinajstić information content (AvgIpc) is 3.30. The van der Waals surface area contributed by atoms with Gasteiger partial charge < -0.3 is 14.9 Å². The molecule has 4 rings (SSSR count). The van der Waals surface area contributed by atoms with E-state index in [0.717, 1.165) is 32.7 Å². The zero-order valence-corrected chi connectivity index (χ0v) is 15.7. The fourth-order valence-electron chi connectivity index (χ4n) is 3.70. The Bertz CT molecular complexity index is 787. The largest absolute Gasteiger partial charge is 0.473 e. The number of aliphatic carboxylic acids is 2. The van der Waals surface area contributed by atoms with Crippen molar-refractivity contribution in [1.82, 2.24) is 14.7 Å². The number of carboxylic acids is 2. The average molecular weight is 387 g/mol. The van der Waals surface area contributed by atoms with Gasteiger partial charge in [0.05, 0.1) is 25.1 Å². The molecule has 0 amide bonds. The molecular weight excluding hydrogens is 362 g/mol. The Morgan fingerprint density at radius 1 is 1.11 bits per heavy atom. The second-order valence-electron chi connectivity index (χ2n) is 6.88. The maximum Gasteiger partial charge on any atom is 0.414 e. The number of rotatable bonds is 4. The summed E-state index contributed by atoms with van der Waals surface area (Å²) in [5.74, 6) is -2.97. The zero-order valence-electron chi connectivity index (χ0n) is 15.7. The molecule has 2 N–H and O–H groups in total. The van der Waals surface area contributed by atoms with Crippen molar-refractivity contribution in [3.8, 4) is 5.69 Å². The van der Waals surface area contributed by atoms with Gasteiger partial charge in [-0.2, -0.15) is 5.10 Å². The maximum atomic E-state index is 9.10. The van der Waals surface area contributed by atoms with Crippen LogP contribution in [-0.4, -0.2) is 69.7 Å². The lowest BCUT2D eigenvalue weighted by Crippen LogP contribution is -2.37. The van der Waals surface area contributed by atoms with Crippen molar-refractivity contribution in [2.45, 2.75) is 25.2 Å². The molecule has 150 valence electrons. The predicted molar refractivity (Wildman–Crippen MR) is 102 cm³/mol. The van der Waals surface area contributed by atoms with Crippen LogP contribution in [0.25, 0.3) is 5.69 Å². The van der Waals surface area contributed by atoms with Gasteiger partial charge in [-0.25, -0.2) is 14.3 Å². The quantitative estimate of drug-likeness (QED) is 0.771. The van der Waals surface area contributed by atoms with E-state index in [1.165, 1.54) is 36.3 Å². The third-order valence-electron chi connectivity index (χ3n) is 5.15. The standard InChI is InChI=1S/C18H23N3O.C2H2O4/c1-2-4-16(5-3-1)21-18-7-6-15(17(18)14-19-21)8-9-20-10-12-22-13-11-20;3-1(4)2(5)6/h1-5,14-15H,6-13H2;(H,3,4)(H,5,6). The van der Waals surface area contributed by atoms with E-state index < -0.39 is 11.9 Å². The van der Waals surface area contributed by atoms with Gasteiger partial charge >= 0.3 is 11.9 Å². The van der Waals surface area contributed by atoms with E-state index in [-0.39, 0.29) is 0 Å². The van der Waals surface area contributed by atoms with Crippen LogP contribution in [0.2, 0.25) is 0 Å². The van der Waals surface area contributed by atoms with Gasteiger partial charge in [-0.15, -0.1) is 0 Å². The number of carbonyl (C=O) groups is 2. The van der Waals surface area contributed by atoms with Gasteiger partial charge in [-0.1, -0.05) is 18.2 Å². The number of morpholine rings is 1. The number of ether oxygens (including phenoxy) is 1. The summed E-state index contributed by atoms with van der Waals surface area (Å²) in [4.78, 5) is 20.7. The molecule has 0 bridgehead atoms. The molecule has 0 spiro atoms. The van der Waals surface area contributed by atoms with Gasteiger partial charge in [-0.05, 0) is 49.4 Å². The maximum absolute atomic E-state index is 9.10. The first-order chi connectivity index (χ1) is 13.6. The number of nitrogens with zero attached hydrogens (tertiary/aromatic N) is 3. The van der Waals surface area contributed by atoms with Crippen LogP contribution >= 0.6 is 0 Å². The molecule has 1 aliphatic carbocycles. The van der Waals surface area contributed by atoms with E-state index in [1.807, 2.05) is 0 Å². The summed E-state index contributed by atoms with van der Waals surface area (Å²) in [6.07, 6.45) is 5.76.